The van der Waals surface area contributed by atoms with E-state index in [0.29, 0.717) is 23.9 Å². The summed E-state index contributed by atoms with van der Waals surface area (Å²) in [5.41, 5.74) is 6.74. The molecular formula is C11H12F2N2. The van der Waals surface area contributed by atoms with Gasteiger partial charge in [-0.25, -0.2) is 8.78 Å². The molecule has 2 rings (SSSR count). The van der Waals surface area contributed by atoms with Crippen molar-refractivity contribution in [3.63, 3.8) is 0 Å². The van der Waals surface area contributed by atoms with E-state index in [1.54, 1.807) is 6.20 Å². The molecule has 15 heavy (non-hydrogen) atoms. The van der Waals surface area contributed by atoms with E-state index in [1.807, 2.05) is 0 Å². The molecule has 0 saturated carbocycles. The third kappa shape index (κ3) is 1.85. The number of nitrogens with two attached hydrogens (primary N) is 1. The molecule has 4 heteroatoms. The highest BCUT2D eigenvalue weighted by Gasteiger charge is 2.10. The summed E-state index contributed by atoms with van der Waals surface area (Å²) in [6, 6.07) is 2.20. The molecule has 0 aliphatic heterocycles. The fourth-order valence-electron chi connectivity index (χ4n) is 1.74. The minimum absolute atomic E-state index is 0.477. The predicted molar refractivity (Wildman–Crippen MR) is 55.6 cm³/mol. The van der Waals surface area contributed by atoms with Crippen LogP contribution in [0.2, 0.25) is 0 Å². The van der Waals surface area contributed by atoms with Gasteiger partial charge in [0.05, 0.1) is 5.52 Å². The number of hydrogen-bond donors (Lipinski definition) is 2. The topological polar surface area (TPSA) is 41.8 Å². The first-order valence-electron chi connectivity index (χ1n) is 4.87. The second kappa shape index (κ2) is 3.98. The number of H-pyrrole nitrogens is 1. The lowest BCUT2D eigenvalue weighted by molar-refractivity contribution is 0.591. The number of halogens is 2. The molecule has 0 amide bonds. The molecule has 1 aromatic heterocycles. The summed E-state index contributed by atoms with van der Waals surface area (Å²) in [6.07, 6.45) is 3.21. The zero-order chi connectivity index (χ0) is 10.8. The molecule has 0 aliphatic rings. The van der Waals surface area contributed by atoms with E-state index in [1.165, 1.54) is 6.07 Å². The average Bonchev–Trinajstić information content (AvgIpc) is 2.58. The zero-order valence-electron chi connectivity index (χ0n) is 8.19. The van der Waals surface area contributed by atoms with Gasteiger partial charge in [0.25, 0.3) is 0 Å². The molecule has 3 N–H and O–H groups in total. The Hall–Kier alpha value is -1.42. The molecule has 0 aliphatic carbocycles. The molecule has 0 fully saturated rings. The summed E-state index contributed by atoms with van der Waals surface area (Å²) < 4.78 is 26.4. The molecule has 0 atom stereocenters. The zero-order valence-corrected chi connectivity index (χ0v) is 8.19. The fraction of sp³-hybridized carbons (Fsp3) is 0.273. The molecule has 2 nitrogen and oxygen atoms in total. The van der Waals surface area contributed by atoms with E-state index in [0.717, 1.165) is 18.1 Å². The normalized spacial score (nSPS) is 11.1. The van der Waals surface area contributed by atoms with Crippen molar-refractivity contribution in [3.8, 4) is 0 Å². The first-order valence-corrected chi connectivity index (χ1v) is 4.87. The monoisotopic (exact) mass is 210 g/mol. The fourth-order valence-corrected chi connectivity index (χ4v) is 1.74. The maximum atomic E-state index is 13.5. The second-order valence-corrected chi connectivity index (χ2v) is 3.52. The molecule has 0 unspecified atom stereocenters. The van der Waals surface area contributed by atoms with Crippen molar-refractivity contribution in [1.82, 2.24) is 4.98 Å². The van der Waals surface area contributed by atoms with Crippen molar-refractivity contribution in [3.05, 3.63) is 35.5 Å². The average molecular weight is 210 g/mol. The van der Waals surface area contributed by atoms with Crippen LogP contribution in [0.15, 0.2) is 18.3 Å². The standard InChI is InChI=1S/C11H12F2N2/c12-8-4-9(13)11-7(2-1-3-14)6-15-10(11)5-8/h4-6,15H,1-3,14H2. The SMILES string of the molecule is NCCCc1c[nH]c2cc(F)cc(F)c12. The van der Waals surface area contributed by atoms with E-state index >= 15 is 0 Å². The van der Waals surface area contributed by atoms with Gasteiger partial charge < -0.3 is 10.7 Å². The van der Waals surface area contributed by atoms with Crippen LogP contribution in [0.1, 0.15) is 12.0 Å². The van der Waals surface area contributed by atoms with Crippen molar-refractivity contribution in [1.29, 1.82) is 0 Å². The number of benzene rings is 1. The van der Waals surface area contributed by atoms with Gasteiger partial charge in [-0.15, -0.1) is 0 Å². The Bertz CT molecular complexity index is 477. The molecular weight excluding hydrogens is 198 g/mol. The lowest BCUT2D eigenvalue weighted by atomic mass is 10.1. The second-order valence-electron chi connectivity index (χ2n) is 3.52. The summed E-state index contributed by atoms with van der Waals surface area (Å²) in [6.45, 7) is 0.565. The third-order valence-electron chi connectivity index (χ3n) is 2.43. The van der Waals surface area contributed by atoms with Crippen molar-refractivity contribution < 1.29 is 8.78 Å². The van der Waals surface area contributed by atoms with Gasteiger partial charge in [0.1, 0.15) is 11.6 Å². The molecule has 2 aromatic rings. The summed E-state index contributed by atoms with van der Waals surface area (Å²) in [4.78, 5) is 2.86. The summed E-state index contributed by atoms with van der Waals surface area (Å²) >= 11 is 0. The van der Waals surface area contributed by atoms with Crippen LogP contribution in [0.5, 0.6) is 0 Å². The molecule has 1 aromatic carbocycles. The minimum atomic E-state index is -0.563. The number of nitrogens with one attached hydrogen (secondary N) is 1. The van der Waals surface area contributed by atoms with Gasteiger partial charge in [0, 0.05) is 17.6 Å². The Kier molecular flexibility index (Phi) is 2.68. The van der Waals surface area contributed by atoms with Gasteiger partial charge in [-0.05, 0) is 31.0 Å². The Morgan fingerprint density at radius 2 is 2.07 bits per heavy atom. The highest BCUT2D eigenvalue weighted by atomic mass is 19.1. The van der Waals surface area contributed by atoms with Gasteiger partial charge in [-0.1, -0.05) is 0 Å². The van der Waals surface area contributed by atoms with Gasteiger partial charge in [0.2, 0.25) is 0 Å². The number of aryl methyl sites for hydroxylation is 1. The molecule has 0 radical (unpaired) electrons. The van der Waals surface area contributed by atoms with Crippen LogP contribution in [0.25, 0.3) is 10.9 Å². The lowest BCUT2D eigenvalue weighted by Crippen LogP contribution is -2.00. The van der Waals surface area contributed by atoms with Gasteiger partial charge in [0.15, 0.2) is 0 Å². The quantitative estimate of drug-likeness (QED) is 0.802. The van der Waals surface area contributed by atoms with Crippen LogP contribution in [0, 0.1) is 11.6 Å². The smallest absolute Gasteiger partial charge is 0.135 e. The van der Waals surface area contributed by atoms with Crippen LogP contribution in [-0.2, 0) is 6.42 Å². The highest BCUT2D eigenvalue weighted by Crippen LogP contribution is 2.23. The Morgan fingerprint density at radius 1 is 1.27 bits per heavy atom. The van der Waals surface area contributed by atoms with E-state index < -0.39 is 11.6 Å². The third-order valence-corrected chi connectivity index (χ3v) is 2.43. The number of rotatable bonds is 3. The molecule has 1 heterocycles. The van der Waals surface area contributed by atoms with E-state index in [-0.39, 0.29) is 0 Å². The van der Waals surface area contributed by atoms with Crippen molar-refractivity contribution in [2.75, 3.05) is 6.54 Å². The number of hydrogen-bond acceptors (Lipinski definition) is 1. The van der Waals surface area contributed by atoms with Crippen molar-refractivity contribution in [2.45, 2.75) is 12.8 Å². The summed E-state index contributed by atoms with van der Waals surface area (Å²) in [5, 5.41) is 0.477. The number of aromatic amines is 1. The van der Waals surface area contributed by atoms with Crippen LogP contribution >= 0.6 is 0 Å². The van der Waals surface area contributed by atoms with Gasteiger partial charge in [-0.2, -0.15) is 0 Å². The highest BCUT2D eigenvalue weighted by molar-refractivity contribution is 5.83. The molecule has 0 bridgehead atoms. The van der Waals surface area contributed by atoms with E-state index in [9.17, 15) is 8.78 Å². The molecule has 80 valence electrons. The molecule has 0 saturated heterocycles. The van der Waals surface area contributed by atoms with Crippen molar-refractivity contribution >= 4 is 10.9 Å². The van der Waals surface area contributed by atoms with Crippen LogP contribution < -0.4 is 5.73 Å². The number of aromatic nitrogens is 1. The van der Waals surface area contributed by atoms with Gasteiger partial charge in [-0.3, -0.25) is 0 Å². The van der Waals surface area contributed by atoms with E-state index in [4.69, 9.17) is 5.73 Å². The summed E-state index contributed by atoms with van der Waals surface area (Å²) in [7, 11) is 0. The Balaban J connectivity index is 2.49. The predicted octanol–water partition coefficient (Wildman–Crippen LogP) is 2.34. The summed E-state index contributed by atoms with van der Waals surface area (Å²) in [5.74, 6) is -1.08. The molecule has 0 spiro atoms. The lowest BCUT2D eigenvalue weighted by Gasteiger charge is -1.99. The maximum absolute atomic E-state index is 13.5. The number of fused-ring (bicyclic) bond motifs is 1. The van der Waals surface area contributed by atoms with Crippen LogP contribution in [0.3, 0.4) is 0 Å². The van der Waals surface area contributed by atoms with Crippen molar-refractivity contribution in [2.24, 2.45) is 5.73 Å². The minimum Gasteiger partial charge on any atom is -0.361 e. The first kappa shape index (κ1) is 10.1. The van der Waals surface area contributed by atoms with E-state index in [2.05, 4.69) is 4.98 Å². The van der Waals surface area contributed by atoms with Crippen LogP contribution in [-0.4, -0.2) is 11.5 Å². The van der Waals surface area contributed by atoms with Gasteiger partial charge >= 0.3 is 0 Å². The van der Waals surface area contributed by atoms with Crippen LogP contribution in [0.4, 0.5) is 8.78 Å². The Morgan fingerprint density at radius 3 is 2.80 bits per heavy atom. The maximum Gasteiger partial charge on any atom is 0.135 e. The largest absolute Gasteiger partial charge is 0.361 e. The first-order chi connectivity index (χ1) is 7.22. The Labute approximate surface area is 86.1 Å².